The van der Waals surface area contributed by atoms with Crippen molar-refractivity contribution in [3.8, 4) is 11.8 Å². The van der Waals surface area contributed by atoms with Gasteiger partial charge in [-0.3, -0.25) is 9.63 Å². The van der Waals surface area contributed by atoms with Crippen LogP contribution in [0.4, 0.5) is 0 Å². The highest BCUT2D eigenvalue weighted by atomic mass is 16.7. The van der Waals surface area contributed by atoms with E-state index in [1.165, 1.54) is 5.06 Å². The fourth-order valence-electron chi connectivity index (χ4n) is 4.20. The molecular weight excluding hydrogens is 422 g/mol. The average molecular weight is 447 g/mol. The van der Waals surface area contributed by atoms with Crippen LogP contribution >= 0.6 is 0 Å². The molecule has 2 aromatic rings. The number of rotatable bonds is 5. The van der Waals surface area contributed by atoms with Gasteiger partial charge >= 0.3 is 0 Å². The zero-order valence-corrected chi connectivity index (χ0v) is 18.4. The second-order valence-electron chi connectivity index (χ2n) is 8.68. The third-order valence-corrected chi connectivity index (χ3v) is 6.01. The van der Waals surface area contributed by atoms with Gasteiger partial charge in [-0.2, -0.15) is 10.3 Å². The van der Waals surface area contributed by atoms with E-state index in [0.717, 1.165) is 5.56 Å². The standard InChI is InChI=1S/C25H25N3O5/c1-25(2)23(30)21(19-12-17(13-26)8-9-20(19)33-25)27-24(31)22-18(14-29)10-11-28(22)32-15-16-6-4-3-5-7-16/h3-9,12,21-23,30H,10-11,15H2,1-2H3,(H,27,31)/t21-,22+,23+/m1/s1. The van der Waals surface area contributed by atoms with Gasteiger partial charge in [0.15, 0.2) is 0 Å². The molecule has 2 aromatic carbocycles. The van der Waals surface area contributed by atoms with Crippen LogP contribution in [0, 0.1) is 11.3 Å². The van der Waals surface area contributed by atoms with Crippen molar-refractivity contribution in [2.24, 2.45) is 0 Å². The first kappa shape index (κ1) is 22.7. The predicted molar refractivity (Wildman–Crippen MR) is 118 cm³/mol. The van der Waals surface area contributed by atoms with Gasteiger partial charge in [0.1, 0.15) is 29.4 Å². The Morgan fingerprint density at radius 2 is 2.06 bits per heavy atom. The molecule has 0 unspecified atom stereocenters. The molecule has 4 rings (SSSR count). The molecule has 1 saturated heterocycles. The van der Waals surface area contributed by atoms with Crippen molar-refractivity contribution in [3.63, 3.8) is 0 Å². The van der Waals surface area contributed by atoms with Gasteiger partial charge in [-0.15, -0.1) is 0 Å². The number of benzene rings is 2. The number of aliphatic hydroxyl groups is 1. The Morgan fingerprint density at radius 1 is 1.30 bits per heavy atom. The molecule has 1 fully saturated rings. The maximum Gasteiger partial charge on any atom is 0.245 e. The summed E-state index contributed by atoms with van der Waals surface area (Å²) in [5.41, 5.74) is 1.11. The average Bonchev–Trinajstić information content (AvgIpc) is 3.24. The molecule has 0 saturated carbocycles. The number of nitrogens with zero attached hydrogens (tertiary/aromatic N) is 2. The molecule has 2 aliphatic heterocycles. The molecule has 33 heavy (non-hydrogen) atoms. The number of carbonyl (C=O) groups is 1. The van der Waals surface area contributed by atoms with Crippen LogP contribution in [0.3, 0.4) is 0 Å². The quantitative estimate of drug-likeness (QED) is 0.676. The van der Waals surface area contributed by atoms with Crippen molar-refractivity contribution in [3.05, 3.63) is 70.8 Å². The van der Waals surface area contributed by atoms with Gasteiger partial charge in [-0.25, -0.2) is 4.79 Å². The fraction of sp³-hybridized carbons (Fsp3) is 0.360. The summed E-state index contributed by atoms with van der Waals surface area (Å²) < 4.78 is 5.91. The molecule has 0 bridgehead atoms. The first-order valence-corrected chi connectivity index (χ1v) is 10.7. The van der Waals surface area contributed by atoms with Gasteiger partial charge in [-0.1, -0.05) is 30.3 Å². The molecule has 3 atom stereocenters. The number of hydrogen-bond donors (Lipinski definition) is 2. The Morgan fingerprint density at radius 3 is 2.76 bits per heavy atom. The number of nitrogens with one attached hydrogen (secondary N) is 1. The molecule has 0 spiro atoms. The van der Waals surface area contributed by atoms with Crippen LogP contribution in [-0.2, 0) is 21.0 Å². The largest absolute Gasteiger partial charge is 0.485 e. The van der Waals surface area contributed by atoms with Crippen molar-refractivity contribution in [1.29, 1.82) is 5.26 Å². The van der Waals surface area contributed by atoms with E-state index in [1.54, 1.807) is 32.0 Å². The van der Waals surface area contributed by atoms with E-state index in [9.17, 15) is 20.0 Å². The van der Waals surface area contributed by atoms with Crippen LogP contribution in [0.1, 0.15) is 43.0 Å². The van der Waals surface area contributed by atoms with Gasteiger partial charge in [0.25, 0.3) is 0 Å². The van der Waals surface area contributed by atoms with Crippen LogP contribution < -0.4 is 10.1 Å². The van der Waals surface area contributed by atoms with Crippen LogP contribution in [-0.4, -0.2) is 46.3 Å². The topological polar surface area (TPSA) is 112 Å². The van der Waals surface area contributed by atoms with Crippen molar-refractivity contribution >= 4 is 11.8 Å². The normalized spacial score (nSPS) is 23.7. The van der Waals surface area contributed by atoms with E-state index in [0.29, 0.717) is 29.8 Å². The third kappa shape index (κ3) is 4.54. The molecule has 2 N–H and O–H groups in total. The van der Waals surface area contributed by atoms with E-state index in [2.05, 4.69) is 11.4 Å². The number of carbonyl (C=O) groups excluding carboxylic acids is 2. The Labute approximate surface area is 192 Å². The summed E-state index contributed by atoms with van der Waals surface area (Å²) in [5, 5.41) is 24.6. The summed E-state index contributed by atoms with van der Waals surface area (Å²) in [6.45, 7) is 4.06. The number of fused-ring (bicyclic) bond motifs is 1. The van der Waals surface area contributed by atoms with Crippen LogP contribution in [0.15, 0.2) is 54.1 Å². The zero-order chi connectivity index (χ0) is 23.6. The SMILES string of the molecule is CC1(C)Oc2ccc(C#N)cc2[C@@H](NC(=O)[C@@H]2C(=C=O)CCN2OCc2ccccc2)[C@@H]1O. The molecule has 2 heterocycles. The summed E-state index contributed by atoms with van der Waals surface area (Å²) in [7, 11) is 0. The lowest BCUT2D eigenvalue weighted by Crippen LogP contribution is -2.55. The zero-order valence-electron chi connectivity index (χ0n) is 18.4. The Bertz CT molecular complexity index is 1130. The first-order chi connectivity index (χ1) is 15.8. The first-order valence-electron chi connectivity index (χ1n) is 10.7. The second-order valence-corrected chi connectivity index (χ2v) is 8.68. The Kier molecular flexibility index (Phi) is 6.32. The second kappa shape index (κ2) is 9.18. The van der Waals surface area contributed by atoms with Crippen LogP contribution in [0.25, 0.3) is 0 Å². The van der Waals surface area contributed by atoms with Crippen LogP contribution in [0.5, 0.6) is 5.75 Å². The molecule has 1 amide bonds. The summed E-state index contributed by atoms with van der Waals surface area (Å²) in [6.07, 6.45) is -0.737. The molecule has 8 heteroatoms. The smallest absolute Gasteiger partial charge is 0.245 e. The van der Waals surface area contributed by atoms with Gasteiger partial charge in [0.2, 0.25) is 5.91 Å². The van der Waals surface area contributed by atoms with E-state index < -0.39 is 29.7 Å². The number of hydrogen-bond acceptors (Lipinski definition) is 7. The highest BCUT2D eigenvalue weighted by Crippen LogP contribution is 2.40. The van der Waals surface area contributed by atoms with Gasteiger partial charge in [-0.05, 0) is 44.0 Å². The van der Waals surface area contributed by atoms with Crippen molar-refractivity contribution in [2.45, 2.75) is 50.7 Å². The number of amides is 1. The molecular formula is C25H25N3O5. The minimum Gasteiger partial charge on any atom is -0.485 e. The molecule has 0 aromatic heterocycles. The molecule has 0 aliphatic carbocycles. The summed E-state index contributed by atoms with van der Waals surface area (Å²) in [5.74, 6) is 1.86. The van der Waals surface area contributed by atoms with Gasteiger partial charge in [0, 0.05) is 17.7 Å². The summed E-state index contributed by atoms with van der Waals surface area (Å²) in [4.78, 5) is 30.8. The molecule has 0 radical (unpaired) electrons. The maximum atomic E-state index is 13.4. The monoisotopic (exact) mass is 447 g/mol. The lowest BCUT2D eigenvalue weighted by molar-refractivity contribution is -0.182. The van der Waals surface area contributed by atoms with Crippen molar-refractivity contribution in [2.75, 3.05) is 6.54 Å². The maximum absolute atomic E-state index is 13.4. The number of hydroxylamine groups is 2. The third-order valence-electron chi connectivity index (χ3n) is 6.01. The van der Waals surface area contributed by atoms with E-state index >= 15 is 0 Å². The minimum absolute atomic E-state index is 0.248. The lowest BCUT2D eigenvalue weighted by atomic mass is 9.85. The van der Waals surface area contributed by atoms with Gasteiger partial charge < -0.3 is 15.2 Å². The number of ether oxygens (including phenoxy) is 1. The predicted octanol–water partition coefficient (Wildman–Crippen LogP) is 2.21. The number of nitriles is 1. The summed E-state index contributed by atoms with van der Waals surface area (Å²) >= 11 is 0. The minimum atomic E-state index is -1.09. The Hall–Kier alpha value is -3.47. The summed E-state index contributed by atoms with van der Waals surface area (Å²) in [6, 6.07) is 14.6. The molecule has 2 aliphatic rings. The Balaban J connectivity index is 1.58. The van der Waals surface area contributed by atoms with Gasteiger partial charge in [0.05, 0.1) is 24.3 Å². The molecule has 8 nitrogen and oxygen atoms in total. The number of aliphatic hydroxyl groups excluding tert-OH is 1. The van der Waals surface area contributed by atoms with E-state index in [1.807, 2.05) is 36.3 Å². The highest BCUT2D eigenvalue weighted by molar-refractivity contribution is 5.88. The van der Waals surface area contributed by atoms with Crippen LogP contribution in [0.2, 0.25) is 0 Å². The van der Waals surface area contributed by atoms with E-state index in [4.69, 9.17) is 9.57 Å². The fourth-order valence-corrected chi connectivity index (χ4v) is 4.20. The molecule has 170 valence electrons. The van der Waals surface area contributed by atoms with Crippen molar-refractivity contribution < 1.29 is 24.3 Å². The van der Waals surface area contributed by atoms with Crippen molar-refractivity contribution in [1.82, 2.24) is 10.4 Å². The highest BCUT2D eigenvalue weighted by Gasteiger charge is 2.46. The lowest BCUT2D eigenvalue weighted by Gasteiger charge is -2.42. The van der Waals surface area contributed by atoms with E-state index in [-0.39, 0.29) is 12.2 Å².